The number of carbonyl (C=O) groups is 1. The van der Waals surface area contributed by atoms with Gasteiger partial charge in [0.2, 0.25) is 5.95 Å². The Balaban J connectivity index is 1.45. The summed E-state index contributed by atoms with van der Waals surface area (Å²) < 4.78 is 11.0. The Hall–Kier alpha value is -3.61. The average Bonchev–Trinajstić information content (AvgIpc) is 2.74. The first kappa shape index (κ1) is 17.8. The van der Waals surface area contributed by atoms with E-state index in [-0.39, 0.29) is 17.6 Å². The molecule has 0 fully saturated rings. The zero-order chi connectivity index (χ0) is 19.3. The summed E-state index contributed by atoms with van der Waals surface area (Å²) in [5, 5.41) is 6.05. The summed E-state index contributed by atoms with van der Waals surface area (Å²) in [5.74, 6) is 1.36. The Labute approximate surface area is 162 Å². The number of anilines is 2. The molecule has 2 heterocycles. The highest BCUT2D eigenvalue weighted by molar-refractivity contribution is 6.03. The van der Waals surface area contributed by atoms with E-state index >= 15 is 0 Å². The highest BCUT2D eigenvalue weighted by atomic mass is 16.6. The van der Waals surface area contributed by atoms with Crippen LogP contribution in [0.3, 0.4) is 0 Å². The van der Waals surface area contributed by atoms with Crippen LogP contribution in [-0.2, 0) is 0 Å². The topological polar surface area (TPSA) is 85.4 Å². The van der Waals surface area contributed by atoms with Gasteiger partial charge in [0.05, 0.1) is 6.04 Å². The van der Waals surface area contributed by atoms with Gasteiger partial charge in [0.1, 0.15) is 18.9 Å². The molecule has 0 saturated heterocycles. The molecule has 142 valence electrons. The van der Waals surface area contributed by atoms with Gasteiger partial charge in [0.15, 0.2) is 11.5 Å². The molecule has 3 aromatic rings. The van der Waals surface area contributed by atoms with E-state index in [1.54, 1.807) is 30.5 Å². The van der Waals surface area contributed by atoms with Crippen molar-refractivity contribution in [1.82, 2.24) is 9.97 Å². The Morgan fingerprint density at radius 3 is 2.64 bits per heavy atom. The third-order valence-electron chi connectivity index (χ3n) is 4.33. The quantitative estimate of drug-likeness (QED) is 0.707. The van der Waals surface area contributed by atoms with Crippen molar-refractivity contribution < 1.29 is 14.3 Å². The minimum absolute atomic E-state index is 0.0114. The van der Waals surface area contributed by atoms with Crippen LogP contribution >= 0.6 is 0 Å². The Morgan fingerprint density at radius 2 is 1.82 bits per heavy atom. The maximum atomic E-state index is 12.6. The Bertz CT molecular complexity index is 978. The SMILES string of the molecule is CC(Nc1nccc(C(=O)Nc2ccc3c(c2)OCCO3)n1)c1ccccc1. The summed E-state index contributed by atoms with van der Waals surface area (Å²) in [5.41, 5.74) is 1.99. The maximum absolute atomic E-state index is 12.6. The Morgan fingerprint density at radius 1 is 1.04 bits per heavy atom. The minimum Gasteiger partial charge on any atom is -0.486 e. The summed E-state index contributed by atoms with van der Waals surface area (Å²) >= 11 is 0. The molecule has 0 spiro atoms. The van der Waals surface area contributed by atoms with Gasteiger partial charge < -0.3 is 20.1 Å². The van der Waals surface area contributed by atoms with Crippen LogP contribution in [0.25, 0.3) is 0 Å². The van der Waals surface area contributed by atoms with Crippen LogP contribution in [0, 0.1) is 0 Å². The van der Waals surface area contributed by atoms with E-state index in [2.05, 4.69) is 20.6 Å². The van der Waals surface area contributed by atoms with E-state index in [1.807, 2.05) is 37.3 Å². The smallest absolute Gasteiger partial charge is 0.274 e. The van der Waals surface area contributed by atoms with Gasteiger partial charge in [-0.3, -0.25) is 4.79 Å². The molecular formula is C21H20N4O3. The van der Waals surface area contributed by atoms with Crippen LogP contribution in [0.4, 0.5) is 11.6 Å². The first-order valence-corrected chi connectivity index (χ1v) is 9.04. The molecule has 4 rings (SSSR count). The van der Waals surface area contributed by atoms with Crippen molar-refractivity contribution in [3.8, 4) is 11.5 Å². The van der Waals surface area contributed by atoms with Gasteiger partial charge in [0.25, 0.3) is 5.91 Å². The molecule has 1 atom stereocenters. The molecule has 0 bridgehead atoms. The molecule has 2 N–H and O–H groups in total. The second-order valence-electron chi connectivity index (χ2n) is 6.35. The molecule has 0 aliphatic carbocycles. The number of ether oxygens (including phenoxy) is 2. The van der Waals surface area contributed by atoms with Gasteiger partial charge in [-0.15, -0.1) is 0 Å². The van der Waals surface area contributed by atoms with Gasteiger partial charge in [-0.2, -0.15) is 0 Å². The largest absolute Gasteiger partial charge is 0.486 e. The molecule has 0 radical (unpaired) electrons. The summed E-state index contributed by atoms with van der Waals surface area (Å²) in [7, 11) is 0. The molecular weight excluding hydrogens is 356 g/mol. The standard InChI is InChI=1S/C21H20N4O3/c1-14(15-5-3-2-4-6-15)23-21-22-10-9-17(25-21)20(26)24-16-7-8-18-19(13-16)28-12-11-27-18/h2-10,13-14H,11-12H2,1H3,(H,24,26)(H,22,23,25). The first-order chi connectivity index (χ1) is 13.7. The summed E-state index contributed by atoms with van der Waals surface area (Å²) in [6, 6.07) is 16.8. The number of carbonyl (C=O) groups excluding carboxylic acids is 1. The number of nitrogens with zero attached hydrogens (tertiary/aromatic N) is 2. The third kappa shape index (κ3) is 4.03. The highest BCUT2D eigenvalue weighted by Crippen LogP contribution is 2.32. The van der Waals surface area contributed by atoms with Crippen LogP contribution in [0.15, 0.2) is 60.8 Å². The lowest BCUT2D eigenvalue weighted by Gasteiger charge is -2.19. The number of hydrogen-bond donors (Lipinski definition) is 2. The van der Waals surface area contributed by atoms with Gasteiger partial charge in [-0.1, -0.05) is 30.3 Å². The average molecular weight is 376 g/mol. The van der Waals surface area contributed by atoms with Crippen molar-refractivity contribution in [2.24, 2.45) is 0 Å². The number of nitrogens with one attached hydrogen (secondary N) is 2. The molecule has 7 nitrogen and oxygen atoms in total. The normalized spacial score (nSPS) is 13.5. The zero-order valence-electron chi connectivity index (χ0n) is 15.4. The summed E-state index contributed by atoms with van der Waals surface area (Å²) in [6.07, 6.45) is 1.56. The van der Waals surface area contributed by atoms with Crippen molar-refractivity contribution in [3.05, 3.63) is 72.1 Å². The van der Waals surface area contributed by atoms with Crippen LogP contribution in [0.1, 0.15) is 29.0 Å². The molecule has 1 unspecified atom stereocenters. The lowest BCUT2D eigenvalue weighted by molar-refractivity contribution is 0.102. The van der Waals surface area contributed by atoms with Crippen molar-refractivity contribution in [2.75, 3.05) is 23.8 Å². The number of aromatic nitrogens is 2. The highest BCUT2D eigenvalue weighted by Gasteiger charge is 2.15. The van der Waals surface area contributed by atoms with Crippen molar-refractivity contribution in [1.29, 1.82) is 0 Å². The number of fused-ring (bicyclic) bond motifs is 1. The second-order valence-corrected chi connectivity index (χ2v) is 6.35. The van der Waals surface area contributed by atoms with Crippen molar-refractivity contribution in [2.45, 2.75) is 13.0 Å². The molecule has 1 amide bonds. The summed E-state index contributed by atoms with van der Waals surface area (Å²) in [6.45, 7) is 3.03. The van der Waals surface area contributed by atoms with Crippen LogP contribution in [0.2, 0.25) is 0 Å². The number of benzene rings is 2. The van der Waals surface area contributed by atoms with E-state index in [0.29, 0.717) is 36.3 Å². The van der Waals surface area contributed by atoms with Crippen molar-refractivity contribution >= 4 is 17.5 Å². The van der Waals surface area contributed by atoms with E-state index in [9.17, 15) is 4.79 Å². The molecule has 1 aliphatic rings. The monoisotopic (exact) mass is 376 g/mol. The number of amides is 1. The minimum atomic E-state index is -0.325. The molecule has 1 aliphatic heterocycles. The fourth-order valence-electron chi connectivity index (χ4n) is 2.89. The molecule has 1 aromatic heterocycles. The maximum Gasteiger partial charge on any atom is 0.274 e. The van der Waals surface area contributed by atoms with Gasteiger partial charge in [0, 0.05) is 18.0 Å². The molecule has 7 heteroatoms. The van der Waals surface area contributed by atoms with E-state index in [0.717, 1.165) is 5.56 Å². The zero-order valence-corrected chi connectivity index (χ0v) is 15.4. The first-order valence-electron chi connectivity index (χ1n) is 9.04. The fraction of sp³-hybridized carbons (Fsp3) is 0.190. The lowest BCUT2D eigenvalue weighted by atomic mass is 10.1. The van der Waals surface area contributed by atoms with E-state index in [1.165, 1.54) is 0 Å². The predicted molar refractivity (Wildman–Crippen MR) is 106 cm³/mol. The molecule has 28 heavy (non-hydrogen) atoms. The Kier molecular flexibility index (Phi) is 5.05. The predicted octanol–water partition coefficient (Wildman–Crippen LogP) is 3.67. The van der Waals surface area contributed by atoms with E-state index < -0.39 is 0 Å². The van der Waals surface area contributed by atoms with Gasteiger partial charge >= 0.3 is 0 Å². The van der Waals surface area contributed by atoms with Crippen LogP contribution in [0.5, 0.6) is 11.5 Å². The summed E-state index contributed by atoms with van der Waals surface area (Å²) in [4.78, 5) is 21.1. The second kappa shape index (κ2) is 7.96. The van der Waals surface area contributed by atoms with Crippen LogP contribution in [-0.4, -0.2) is 29.1 Å². The molecule has 0 saturated carbocycles. The molecule has 2 aromatic carbocycles. The number of rotatable bonds is 5. The van der Waals surface area contributed by atoms with E-state index in [4.69, 9.17) is 9.47 Å². The third-order valence-corrected chi connectivity index (χ3v) is 4.33. The van der Waals surface area contributed by atoms with Gasteiger partial charge in [-0.25, -0.2) is 9.97 Å². The lowest BCUT2D eigenvalue weighted by Crippen LogP contribution is -2.18. The van der Waals surface area contributed by atoms with Gasteiger partial charge in [-0.05, 0) is 30.7 Å². The number of hydrogen-bond acceptors (Lipinski definition) is 6. The van der Waals surface area contributed by atoms with Crippen LogP contribution < -0.4 is 20.1 Å². The van der Waals surface area contributed by atoms with Crippen molar-refractivity contribution in [3.63, 3.8) is 0 Å². The fourth-order valence-corrected chi connectivity index (χ4v) is 2.89.